The van der Waals surface area contributed by atoms with Gasteiger partial charge in [0.15, 0.2) is 11.6 Å². The number of nitrogens with two attached hydrogens (primary N) is 1. The summed E-state index contributed by atoms with van der Waals surface area (Å²) in [5.74, 6) is -0.795. The van der Waals surface area contributed by atoms with Gasteiger partial charge in [0.25, 0.3) is 0 Å². The van der Waals surface area contributed by atoms with Crippen molar-refractivity contribution in [3.05, 3.63) is 58.7 Å². The Morgan fingerprint density at radius 1 is 1.14 bits per heavy atom. The van der Waals surface area contributed by atoms with E-state index in [0.717, 1.165) is 6.07 Å². The largest absolute Gasteiger partial charge is 0.454 e. The zero-order valence-corrected chi connectivity index (χ0v) is 11.7. The van der Waals surface area contributed by atoms with Gasteiger partial charge in [-0.15, -0.1) is 0 Å². The molecule has 108 valence electrons. The van der Waals surface area contributed by atoms with Crippen LogP contribution < -0.4 is 10.5 Å². The number of aryl methyl sites for hydroxylation is 1. The SMILES string of the molecule is Cc1cc(Oc2ccc(C#N)cc2F)c(C(C)N)cc1F. The highest BCUT2D eigenvalue weighted by atomic mass is 19.1. The quantitative estimate of drug-likeness (QED) is 0.930. The van der Waals surface area contributed by atoms with Gasteiger partial charge in [-0.1, -0.05) is 0 Å². The van der Waals surface area contributed by atoms with Crippen molar-refractivity contribution < 1.29 is 13.5 Å². The topological polar surface area (TPSA) is 59.0 Å². The van der Waals surface area contributed by atoms with Gasteiger partial charge in [-0.25, -0.2) is 8.78 Å². The standard InChI is InChI=1S/C16H14F2N2O/c1-9-5-16(12(10(2)20)7-13(9)17)21-15-4-3-11(8-19)6-14(15)18/h3-7,10H,20H2,1-2H3. The van der Waals surface area contributed by atoms with Crippen LogP contribution in [0, 0.1) is 29.9 Å². The van der Waals surface area contributed by atoms with Crippen LogP contribution in [0.4, 0.5) is 8.78 Å². The Morgan fingerprint density at radius 2 is 1.86 bits per heavy atom. The lowest BCUT2D eigenvalue weighted by molar-refractivity contribution is 0.432. The Kier molecular flexibility index (Phi) is 4.20. The molecule has 0 saturated heterocycles. The summed E-state index contributed by atoms with van der Waals surface area (Å²) in [4.78, 5) is 0. The second-order valence-electron chi connectivity index (χ2n) is 4.79. The highest BCUT2D eigenvalue weighted by Crippen LogP contribution is 2.32. The van der Waals surface area contributed by atoms with E-state index >= 15 is 0 Å². The van der Waals surface area contributed by atoms with Crippen LogP contribution in [0.25, 0.3) is 0 Å². The van der Waals surface area contributed by atoms with E-state index in [0.29, 0.717) is 16.9 Å². The Bertz CT molecular complexity index is 721. The van der Waals surface area contributed by atoms with Crippen LogP contribution in [0.5, 0.6) is 11.5 Å². The fourth-order valence-electron chi connectivity index (χ4n) is 1.89. The molecule has 0 aliphatic heterocycles. The molecule has 0 aliphatic carbocycles. The summed E-state index contributed by atoms with van der Waals surface area (Å²) in [6.45, 7) is 3.27. The molecular weight excluding hydrogens is 274 g/mol. The zero-order valence-electron chi connectivity index (χ0n) is 11.7. The molecule has 1 unspecified atom stereocenters. The van der Waals surface area contributed by atoms with Crippen molar-refractivity contribution in [1.82, 2.24) is 0 Å². The lowest BCUT2D eigenvalue weighted by Gasteiger charge is -2.15. The number of rotatable bonds is 3. The van der Waals surface area contributed by atoms with Crippen LogP contribution in [0.1, 0.15) is 29.7 Å². The van der Waals surface area contributed by atoms with Gasteiger partial charge in [-0.05, 0) is 49.7 Å². The first-order valence-electron chi connectivity index (χ1n) is 6.35. The summed E-state index contributed by atoms with van der Waals surface area (Å²) in [6, 6.07) is 8.03. The molecule has 5 heteroatoms. The normalized spacial score (nSPS) is 11.8. The highest BCUT2D eigenvalue weighted by molar-refractivity contribution is 5.44. The van der Waals surface area contributed by atoms with Gasteiger partial charge in [0.05, 0.1) is 11.6 Å². The number of ether oxygens (including phenoxy) is 1. The first kappa shape index (κ1) is 14.9. The second-order valence-corrected chi connectivity index (χ2v) is 4.79. The third kappa shape index (κ3) is 3.18. The van der Waals surface area contributed by atoms with E-state index in [4.69, 9.17) is 15.7 Å². The lowest BCUT2D eigenvalue weighted by Crippen LogP contribution is -2.08. The third-order valence-corrected chi connectivity index (χ3v) is 3.06. The number of benzene rings is 2. The van der Waals surface area contributed by atoms with Crippen molar-refractivity contribution in [1.29, 1.82) is 5.26 Å². The molecule has 21 heavy (non-hydrogen) atoms. The van der Waals surface area contributed by atoms with E-state index in [2.05, 4.69) is 0 Å². The van der Waals surface area contributed by atoms with Crippen LogP contribution in [0.15, 0.2) is 30.3 Å². The van der Waals surface area contributed by atoms with Gasteiger partial charge in [0.2, 0.25) is 0 Å². The lowest BCUT2D eigenvalue weighted by atomic mass is 10.0. The molecule has 0 spiro atoms. The number of nitriles is 1. The fourth-order valence-corrected chi connectivity index (χ4v) is 1.89. The van der Waals surface area contributed by atoms with Crippen LogP contribution in [0.3, 0.4) is 0 Å². The van der Waals surface area contributed by atoms with Gasteiger partial charge < -0.3 is 10.5 Å². The van der Waals surface area contributed by atoms with Gasteiger partial charge in [0.1, 0.15) is 11.6 Å². The average molecular weight is 288 g/mol. The maximum absolute atomic E-state index is 13.9. The van der Waals surface area contributed by atoms with Crippen LogP contribution in [0.2, 0.25) is 0 Å². The van der Waals surface area contributed by atoms with E-state index in [1.807, 2.05) is 6.07 Å². The van der Waals surface area contributed by atoms with Crippen molar-refractivity contribution in [3.63, 3.8) is 0 Å². The van der Waals surface area contributed by atoms with Crippen LogP contribution in [-0.4, -0.2) is 0 Å². The molecule has 0 fully saturated rings. The molecule has 0 radical (unpaired) electrons. The molecule has 3 nitrogen and oxygen atoms in total. The first-order chi connectivity index (χ1) is 9.92. The number of nitrogens with zero attached hydrogens (tertiary/aromatic N) is 1. The monoisotopic (exact) mass is 288 g/mol. The van der Waals surface area contributed by atoms with Crippen molar-refractivity contribution >= 4 is 0 Å². The number of halogens is 2. The zero-order chi connectivity index (χ0) is 15.6. The maximum atomic E-state index is 13.9. The molecule has 0 aromatic heterocycles. The van der Waals surface area contributed by atoms with Crippen LogP contribution in [-0.2, 0) is 0 Å². The molecule has 0 saturated carbocycles. The minimum atomic E-state index is -0.661. The fraction of sp³-hybridized carbons (Fsp3) is 0.188. The van der Waals surface area contributed by atoms with E-state index in [1.54, 1.807) is 13.8 Å². The molecule has 2 N–H and O–H groups in total. The minimum absolute atomic E-state index is 0.0399. The first-order valence-corrected chi connectivity index (χ1v) is 6.35. The predicted octanol–water partition coefficient (Wildman–Crippen LogP) is 3.96. The van der Waals surface area contributed by atoms with Gasteiger partial charge in [0, 0.05) is 11.6 Å². The summed E-state index contributed by atoms with van der Waals surface area (Å²) in [7, 11) is 0. The third-order valence-electron chi connectivity index (χ3n) is 3.06. The Hall–Kier alpha value is -2.45. The number of hydrogen-bond donors (Lipinski definition) is 1. The predicted molar refractivity (Wildman–Crippen MR) is 74.9 cm³/mol. The summed E-state index contributed by atoms with van der Waals surface area (Å²) in [5, 5.41) is 8.71. The maximum Gasteiger partial charge on any atom is 0.167 e. The van der Waals surface area contributed by atoms with Gasteiger partial charge >= 0.3 is 0 Å². The molecule has 0 heterocycles. The molecule has 1 atom stereocenters. The number of hydrogen-bond acceptors (Lipinski definition) is 3. The Labute approximate surface area is 121 Å². The minimum Gasteiger partial charge on any atom is -0.454 e. The molecule has 0 aliphatic rings. The van der Waals surface area contributed by atoms with E-state index in [9.17, 15) is 8.78 Å². The molecule has 2 rings (SSSR count). The summed E-state index contributed by atoms with van der Waals surface area (Å²) >= 11 is 0. The Balaban J connectivity index is 2.44. The molecule has 2 aromatic carbocycles. The summed E-state index contributed by atoms with van der Waals surface area (Å²) in [6.07, 6.45) is 0. The van der Waals surface area contributed by atoms with E-state index in [1.165, 1.54) is 24.3 Å². The second kappa shape index (κ2) is 5.90. The van der Waals surface area contributed by atoms with Crippen molar-refractivity contribution in [2.75, 3.05) is 0 Å². The van der Waals surface area contributed by atoms with Crippen molar-refractivity contribution in [3.8, 4) is 17.6 Å². The van der Waals surface area contributed by atoms with Gasteiger partial charge in [-0.3, -0.25) is 0 Å². The summed E-state index contributed by atoms with van der Waals surface area (Å²) in [5.41, 5.74) is 6.81. The highest BCUT2D eigenvalue weighted by Gasteiger charge is 2.15. The van der Waals surface area contributed by atoms with Crippen molar-refractivity contribution in [2.45, 2.75) is 19.9 Å². The molecular formula is C16H14F2N2O. The molecule has 0 bridgehead atoms. The van der Waals surface area contributed by atoms with E-state index in [-0.39, 0.29) is 11.3 Å². The van der Waals surface area contributed by atoms with Crippen molar-refractivity contribution in [2.24, 2.45) is 5.73 Å². The summed E-state index contributed by atoms with van der Waals surface area (Å²) < 4.78 is 33.0. The van der Waals surface area contributed by atoms with E-state index < -0.39 is 17.7 Å². The van der Waals surface area contributed by atoms with Gasteiger partial charge in [-0.2, -0.15) is 5.26 Å². The Morgan fingerprint density at radius 3 is 2.43 bits per heavy atom. The smallest absolute Gasteiger partial charge is 0.167 e. The van der Waals surface area contributed by atoms with Crippen LogP contribution >= 0.6 is 0 Å². The molecule has 2 aromatic rings. The average Bonchev–Trinajstić information content (AvgIpc) is 2.44. The molecule has 0 amide bonds.